The van der Waals surface area contributed by atoms with Crippen molar-refractivity contribution in [2.45, 2.75) is 57.7 Å². The molecule has 0 aromatic heterocycles. The van der Waals surface area contributed by atoms with Crippen LogP contribution in [-0.2, 0) is 16.4 Å². The summed E-state index contributed by atoms with van der Waals surface area (Å²) in [5, 5.41) is 1.30. The van der Waals surface area contributed by atoms with Crippen molar-refractivity contribution in [1.82, 2.24) is 4.90 Å². The van der Waals surface area contributed by atoms with Gasteiger partial charge in [0.2, 0.25) is 0 Å². The fourth-order valence-corrected chi connectivity index (χ4v) is 6.52. The number of rotatable bonds is 12. The van der Waals surface area contributed by atoms with Crippen molar-refractivity contribution in [3.8, 4) is 17.2 Å². The van der Waals surface area contributed by atoms with E-state index in [4.69, 9.17) is 18.9 Å². The minimum Gasteiger partial charge on any atom is -0.497 e. The molecule has 2 aromatic carbocycles. The highest BCUT2D eigenvalue weighted by molar-refractivity contribution is 7.48. The van der Waals surface area contributed by atoms with Gasteiger partial charge >= 0.3 is 0 Å². The standard InChI is InChI=1S/C27H40NO4P/c1-6-14-27(2,23-17-22(30-4)18-24(31-5)26(23)32-20-29-3)33-25-13-9-8-12-21(25)19-28-15-10-7-11-16-28/h8-9,12-13,17-18,33H,6-7,10-11,14-16,19-20H2,1-5H3. The molecule has 1 fully saturated rings. The summed E-state index contributed by atoms with van der Waals surface area (Å²) in [5.74, 6) is 2.20. The molecule has 5 nitrogen and oxygen atoms in total. The first-order valence-corrected chi connectivity index (χ1v) is 13.0. The van der Waals surface area contributed by atoms with Gasteiger partial charge in [-0.3, -0.25) is 4.90 Å². The Balaban J connectivity index is 2.01. The third kappa shape index (κ3) is 6.62. The van der Waals surface area contributed by atoms with Gasteiger partial charge in [0, 0.05) is 30.4 Å². The minimum atomic E-state index is -0.127. The molecule has 3 rings (SSSR count). The van der Waals surface area contributed by atoms with Gasteiger partial charge in [0.05, 0.1) is 14.2 Å². The van der Waals surface area contributed by atoms with Crippen LogP contribution in [-0.4, -0.2) is 46.1 Å². The molecular weight excluding hydrogens is 433 g/mol. The van der Waals surface area contributed by atoms with E-state index in [-0.39, 0.29) is 11.9 Å². The summed E-state index contributed by atoms with van der Waals surface area (Å²) >= 11 is 0. The Morgan fingerprint density at radius 3 is 2.42 bits per heavy atom. The Kier molecular flexibility index (Phi) is 9.85. The second kappa shape index (κ2) is 12.6. The number of ether oxygens (including phenoxy) is 4. The van der Waals surface area contributed by atoms with E-state index in [1.807, 2.05) is 6.07 Å². The van der Waals surface area contributed by atoms with E-state index in [1.54, 1.807) is 21.3 Å². The van der Waals surface area contributed by atoms with Crippen molar-refractivity contribution >= 4 is 13.9 Å². The van der Waals surface area contributed by atoms with E-state index < -0.39 is 0 Å². The lowest BCUT2D eigenvalue weighted by Gasteiger charge is -2.34. The number of methoxy groups -OCH3 is 3. The van der Waals surface area contributed by atoms with Crippen LogP contribution in [0.5, 0.6) is 17.2 Å². The summed E-state index contributed by atoms with van der Waals surface area (Å²) in [6.07, 6.45) is 6.07. The van der Waals surface area contributed by atoms with Gasteiger partial charge in [-0.2, -0.15) is 0 Å². The van der Waals surface area contributed by atoms with Gasteiger partial charge in [0.15, 0.2) is 18.3 Å². The maximum Gasteiger partial charge on any atom is 0.188 e. The molecule has 1 heterocycles. The molecule has 182 valence electrons. The van der Waals surface area contributed by atoms with Crippen LogP contribution in [0.3, 0.4) is 0 Å². The zero-order chi connectivity index (χ0) is 23.7. The van der Waals surface area contributed by atoms with Gasteiger partial charge in [-0.05, 0) is 49.3 Å². The Labute approximate surface area is 201 Å². The fraction of sp³-hybridized carbons (Fsp3) is 0.556. The molecular formula is C27H40NO4P. The lowest BCUT2D eigenvalue weighted by Crippen LogP contribution is -2.31. The third-order valence-electron chi connectivity index (χ3n) is 6.42. The molecule has 0 saturated carbocycles. The minimum absolute atomic E-state index is 0.127. The van der Waals surface area contributed by atoms with Crippen molar-refractivity contribution < 1.29 is 18.9 Å². The van der Waals surface area contributed by atoms with Crippen LogP contribution >= 0.6 is 8.58 Å². The van der Waals surface area contributed by atoms with E-state index in [2.05, 4.69) is 49.1 Å². The average Bonchev–Trinajstić information content (AvgIpc) is 2.84. The third-order valence-corrected chi connectivity index (χ3v) is 8.25. The van der Waals surface area contributed by atoms with E-state index >= 15 is 0 Å². The van der Waals surface area contributed by atoms with E-state index in [0.29, 0.717) is 14.3 Å². The quantitative estimate of drug-likeness (QED) is 0.293. The predicted octanol–water partition coefficient (Wildman–Crippen LogP) is 5.69. The SMILES string of the molecule is CCCC(C)(Pc1ccccc1CN1CCCCC1)c1cc(OC)cc(OC)c1OCOC. The summed E-state index contributed by atoms with van der Waals surface area (Å²) in [6, 6.07) is 12.9. The highest BCUT2D eigenvalue weighted by atomic mass is 31.1. The summed E-state index contributed by atoms with van der Waals surface area (Å²) in [5.41, 5.74) is 2.55. The Bertz CT molecular complexity index is 884. The fourth-order valence-electron chi connectivity index (χ4n) is 4.72. The molecule has 0 amide bonds. The van der Waals surface area contributed by atoms with E-state index in [0.717, 1.165) is 36.4 Å². The normalized spacial score (nSPS) is 16.6. The molecule has 0 spiro atoms. The number of piperidine rings is 1. The van der Waals surface area contributed by atoms with Crippen LogP contribution in [0.1, 0.15) is 57.1 Å². The van der Waals surface area contributed by atoms with Gasteiger partial charge < -0.3 is 18.9 Å². The monoisotopic (exact) mass is 473 g/mol. The summed E-state index contributed by atoms with van der Waals surface area (Å²) < 4.78 is 22.7. The smallest absolute Gasteiger partial charge is 0.188 e. The first kappa shape index (κ1) is 25.8. The first-order valence-electron chi connectivity index (χ1n) is 12.0. The van der Waals surface area contributed by atoms with Gasteiger partial charge in [0.25, 0.3) is 0 Å². The van der Waals surface area contributed by atoms with Crippen molar-refractivity contribution in [3.63, 3.8) is 0 Å². The zero-order valence-electron chi connectivity index (χ0n) is 20.9. The highest BCUT2D eigenvalue weighted by Crippen LogP contribution is 2.52. The second-order valence-electron chi connectivity index (χ2n) is 8.96. The van der Waals surface area contributed by atoms with Crippen LogP contribution in [0.4, 0.5) is 0 Å². The van der Waals surface area contributed by atoms with Gasteiger partial charge in [-0.1, -0.05) is 59.5 Å². The number of hydrogen-bond donors (Lipinski definition) is 0. The largest absolute Gasteiger partial charge is 0.497 e. The van der Waals surface area contributed by atoms with Crippen LogP contribution in [0.25, 0.3) is 0 Å². The maximum atomic E-state index is 6.08. The Hall–Kier alpha value is -1.81. The van der Waals surface area contributed by atoms with E-state index in [1.165, 1.54) is 43.2 Å². The topological polar surface area (TPSA) is 40.2 Å². The molecule has 2 unspecified atom stereocenters. The number of hydrogen-bond acceptors (Lipinski definition) is 5. The average molecular weight is 474 g/mol. The molecule has 0 aliphatic carbocycles. The van der Waals surface area contributed by atoms with Crippen LogP contribution < -0.4 is 19.5 Å². The summed E-state index contributed by atoms with van der Waals surface area (Å²) in [7, 11) is 5.60. The molecule has 0 N–H and O–H groups in total. The molecule has 2 aromatic rings. The van der Waals surface area contributed by atoms with Gasteiger partial charge in [-0.25, -0.2) is 0 Å². The molecule has 33 heavy (non-hydrogen) atoms. The molecule has 1 saturated heterocycles. The molecule has 1 aliphatic heterocycles. The molecule has 1 aliphatic rings. The van der Waals surface area contributed by atoms with Crippen LogP contribution in [0.15, 0.2) is 36.4 Å². The second-order valence-corrected chi connectivity index (χ2v) is 10.9. The van der Waals surface area contributed by atoms with Crippen molar-refractivity contribution in [1.29, 1.82) is 0 Å². The Morgan fingerprint density at radius 1 is 1.00 bits per heavy atom. The predicted molar refractivity (Wildman–Crippen MR) is 138 cm³/mol. The lowest BCUT2D eigenvalue weighted by atomic mass is 9.93. The van der Waals surface area contributed by atoms with E-state index in [9.17, 15) is 0 Å². The van der Waals surface area contributed by atoms with Crippen molar-refractivity contribution in [3.05, 3.63) is 47.5 Å². The van der Waals surface area contributed by atoms with Crippen molar-refractivity contribution in [2.24, 2.45) is 0 Å². The maximum absolute atomic E-state index is 6.08. The molecule has 0 radical (unpaired) electrons. The highest BCUT2D eigenvalue weighted by Gasteiger charge is 2.33. The molecule has 6 heteroatoms. The lowest BCUT2D eigenvalue weighted by molar-refractivity contribution is 0.0479. The zero-order valence-corrected chi connectivity index (χ0v) is 21.9. The van der Waals surface area contributed by atoms with Gasteiger partial charge in [0.1, 0.15) is 5.75 Å². The Morgan fingerprint density at radius 2 is 1.76 bits per heavy atom. The van der Waals surface area contributed by atoms with Gasteiger partial charge in [-0.15, -0.1) is 0 Å². The molecule has 2 atom stereocenters. The number of nitrogens with zero attached hydrogens (tertiary/aromatic N) is 1. The van der Waals surface area contributed by atoms with Crippen molar-refractivity contribution in [2.75, 3.05) is 41.2 Å². The summed E-state index contributed by atoms with van der Waals surface area (Å²) in [6.45, 7) is 8.19. The van der Waals surface area contributed by atoms with Crippen LogP contribution in [0.2, 0.25) is 0 Å². The molecule has 0 bridgehead atoms. The number of benzene rings is 2. The first-order chi connectivity index (χ1) is 16.0. The van der Waals surface area contributed by atoms with Crippen LogP contribution in [0, 0.1) is 0 Å². The summed E-state index contributed by atoms with van der Waals surface area (Å²) in [4.78, 5) is 2.60. The number of likely N-dealkylation sites (tertiary alicyclic amines) is 1.